The molecule has 0 atom stereocenters. The van der Waals surface area contributed by atoms with E-state index in [1.165, 1.54) is 0 Å². The average Bonchev–Trinajstić information content (AvgIpc) is 1.78. The van der Waals surface area contributed by atoms with Gasteiger partial charge in [0, 0.05) is 0 Å². The molecular formula is C4F8N2. The van der Waals surface area contributed by atoms with E-state index in [1.807, 2.05) is 0 Å². The van der Waals surface area contributed by atoms with Crippen molar-refractivity contribution in [3.05, 3.63) is 0 Å². The Hall–Kier alpha value is -1.22. The first-order chi connectivity index (χ1) is 6.01. The van der Waals surface area contributed by atoms with Gasteiger partial charge in [-0.1, -0.05) is 0 Å². The van der Waals surface area contributed by atoms with Crippen molar-refractivity contribution in [3.63, 3.8) is 0 Å². The fourth-order valence-electron chi connectivity index (χ4n) is 0.315. The van der Waals surface area contributed by atoms with Crippen LogP contribution in [0.1, 0.15) is 0 Å². The van der Waals surface area contributed by atoms with Crippen molar-refractivity contribution < 1.29 is 35.1 Å². The van der Waals surface area contributed by atoms with Crippen molar-refractivity contribution in [1.82, 2.24) is 0 Å². The van der Waals surface area contributed by atoms with Crippen LogP contribution < -0.4 is 0 Å². The second-order valence-corrected chi connectivity index (χ2v) is 1.74. The topological polar surface area (TPSA) is 24.7 Å². The summed E-state index contributed by atoms with van der Waals surface area (Å²) in [4.78, 5) is 2.08. The predicted octanol–water partition coefficient (Wildman–Crippen LogP) is 2.76. The Morgan fingerprint density at radius 2 is 0.857 bits per heavy atom. The first kappa shape index (κ1) is 12.8. The van der Waals surface area contributed by atoms with E-state index in [-0.39, 0.29) is 0 Å². The molecule has 82 valence electrons. The molecule has 0 aromatic rings. The molecule has 14 heavy (non-hydrogen) atoms. The van der Waals surface area contributed by atoms with E-state index in [0.29, 0.717) is 0 Å². The van der Waals surface area contributed by atoms with E-state index in [0.717, 1.165) is 9.98 Å². The molecule has 0 heterocycles. The van der Waals surface area contributed by atoms with Crippen molar-refractivity contribution in [2.24, 2.45) is 9.98 Å². The van der Waals surface area contributed by atoms with Gasteiger partial charge < -0.3 is 0 Å². The molecule has 0 unspecified atom stereocenters. The number of nitrogens with zero attached hydrogens (tertiary/aromatic N) is 2. The third kappa shape index (κ3) is 6.31. The minimum absolute atomic E-state index is 1.04. The Morgan fingerprint density at radius 1 is 0.643 bits per heavy atom. The van der Waals surface area contributed by atoms with Gasteiger partial charge in [0.25, 0.3) is 11.9 Å². The molecular weight excluding hydrogens is 228 g/mol. The van der Waals surface area contributed by atoms with E-state index < -0.39 is 24.5 Å². The summed E-state index contributed by atoms with van der Waals surface area (Å²) in [6.07, 6.45) is -11.0. The van der Waals surface area contributed by atoms with Gasteiger partial charge in [0.2, 0.25) is 0 Å². The van der Waals surface area contributed by atoms with Crippen LogP contribution in [0.15, 0.2) is 9.98 Å². The van der Waals surface area contributed by atoms with Gasteiger partial charge in [0.1, 0.15) is 0 Å². The van der Waals surface area contributed by atoms with Crippen LogP contribution in [0.5, 0.6) is 0 Å². The molecule has 0 bridgehead atoms. The number of alkyl halides is 6. The van der Waals surface area contributed by atoms with Crippen LogP contribution in [-0.2, 0) is 0 Å². The molecule has 2 nitrogen and oxygen atoms in total. The lowest BCUT2D eigenvalue weighted by atomic mass is 10.7. The smallest absolute Gasteiger partial charge is 0.180 e. The van der Waals surface area contributed by atoms with Crippen molar-refractivity contribution in [2.75, 3.05) is 0 Å². The molecule has 0 radical (unpaired) electrons. The fourth-order valence-corrected chi connectivity index (χ4v) is 0.315. The van der Waals surface area contributed by atoms with Crippen molar-refractivity contribution >= 4 is 11.9 Å². The number of hydrogen-bond donors (Lipinski definition) is 0. The summed E-state index contributed by atoms with van der Waals surface area (Å²) in [5.41, 5.74) is 0. The van der Waals surface area contributed by atoms with Crippen LogP contribution >= 0.6 is 0 Å². The van der Waals surface area contributed by atoms with Gasteiger partial charge >= 0.3 is 12.6 Å². The Kier molecular flexibility index (Phi) is 3.54. The van der Waals surface area contributed by atoms with Crippen LogP contribution in [0.4, 0.5) is 35.1 Å². The van der Waals surface area contributed by atoms with Gasteiger partial charge in [-0.15, -0.1) is 26.3 Å². The Bertz CT molecular complexity index is 229. The lowest BCUT2D eigenvalue weighted by Gasteiger charge is -1.99. The molecule has 0 amide bonds. The van der Waals surface area contributed by atoms with Crippen molar-refractivity contribution in [1.29, 1.82) is 0 Å². The van der Waals surface area contributed by atoms with Crippen LogP contribution in [0.3, 0.4) is 0 Å². The average molecular weight is 228 g/mol. The maximum absolute atomic E-state index is 11.8. The molecule has 0 aromatic carbocycles. The maximum atomic E-state index is 11.8. The molecule has 0 aliphatic heterocycles. The van der Waals surface area contributed by atoms with Crippen LogP contribution in [0.2, 0.25) is 0 Å². The van der Waals surface area contributed by atoms with Gasteiger partial charge in [-0.2, -0.15) is 18.8 Å². The highest BCUT2D eigenvalue weighted by Gasteiger charge is 2.32. The van der Waals surface area contributed by atoms with E-state index in [1.54, 1.807) is 0 Å². The monoisotopic (exact) mass is 228 g/mol. The predicted molar refractivity (Wildman–Crippen MR) is 29.2 cm³/mol. The first-order valence-corrected chi connectivity index (χ1v) is 2.66. The second-order valence-electron chi connectivity index (χ2n) is 1.74. The second kappa shape index (κ2) is 3.88. The standard InChI is InChI=1S/C4F8N2/c5-1(13-3(7,8)9)2(6)14-4(10,11)12. The van der Waals surface area contributed by atoms with Crippen LogP contribution in [-0.4, -0.2) is 24.5 Å². The number of halogens is 8. The zero-order valence-corrected chi connectivity index (χ0v) is 5.92. The SMILES string of the molecule is FC(=NC(F)(F)F)C(F)=NC(F)(F)F. The first-order valence-electron chi connectivity index (χ1n) is 2.66. The van der Waals surface area contributed by atoms with E-state index in [9.17, 15) is 35.1 Å². The Balaban J connectivity index is 4.81. The molecule has 0 N–H and O–H groups in total. The third-order valence-electron chi connectivity index (χ3n) is 0.620. The number of rotatable bonds is 1. The number of aliphatic imine (C=N–C) groups is 2. The lowest BCUT2D eigenvalue weighted by molar-refractivity contribution is -0.122. The zero-order valence-electron chi connectivity index (χ0n) is 5.92. The van der Waals surface area contributed by atoms with E-state index in [2.05, 4.69) is 0 Å². The van der Waals surface area contributed by atoms with Crippen LogP contribution in [0.25, 0.3) is 0 Å². The highest BCUT2D eigenvalue weighted by Crippen LogP contribution is 2.20. The largest absolute Gasteiger partial charge is 0.505 e. The molecule has 10 heteroatoms. The molecule has 0 aliphatic carbocycles. The summed E-state index contributed by atoms with van der Waals surface area (Å²) in [6, 6.07) is 0. The molecule has 0 aliphatic rings. The lowest BCUT2D eigenvalue weighted by Crippen LogP contribution is -2.15. The van der Waals surface area contributed by atoms with Crippen molar-refractivity contribution in [2.45, 2.75) is 12.6 Å². The molecule has 0 spiro atoms. The van der Waals surface area contributed by atoms with Crippen molar-refractivity contribution in [3.8, 4) is 0 Å². The molecule has 0 saturated heterocycles. The molecule has 0 aromatic heterocycles. The van der Waals surface area contributed by atoms with Gasteiger partial charge in [-0.3, -0.25) is 0 Å². The summed E-state index contributed by atoms with van der Waals surface area (Å²) < 4.78 is 90.7. The van der Waals surface area contributed by atoms with Gasteiger partial charge in [0.05, 0.1) is 0 Å². The van der Waals surface area contributed by atoms with Crippen LogP contribution in [0, 0.1) is 0 Å². The fraction of sp³-hybridized carbons (Fsp3) is 0.500. The minimum Gasteiger partial charge on any atom is -0.180 e. The molecule has 0 fully saturated rings. The third-order valence-corrected chi connectivity index (χ3v) is 0.620. The Labute approximate surface area is 70.9 Å². The summed E-state index contributed by atoms with van der Waals surface area (Å²) in [5, 5.41) is 0. The highest BCUT2D eigenvalue weighted by molar-refractivity contribution is 6.34. The summed E-state index contributed by atoms with van der Waals surface area (Å²) in [5.74, 6) is -5.95. The summed E-state index contributed by atoms with van der Waals surface area (Å²) in [7, 11) is 0. The zero-order chi connectivity index (χ0) is 11.6. The highest BCUT2D eigenvalue weighted by atomic mass is 19.4. The quantitative estimate of drug-likeness (QED) is 0.374. The summed E-state index contributed by atoms with van der Waals surface area (Å²) >= 11 is 0. The van der Waals surface area contributed by atoms with Gasteiger partial charge in [0.15, 0.2) is 0 Å². The van der Waals surface area contributed by atoms with Gasteiger partial charge in [-0.25, -0.2) is 0 Å². The summed E-state index contributed by atoms with van der Waals surface area (Å²) in [6.45, 7) is 0. The number of hydrogen-bond acceptors (Lipinski definition) is 2. The molecule has 0 rings (SSSR count). The normalized spacial score (nSPS) is 16.0. The Morgan fingerprint density at radius 3 is 1.00 bits per heavy atom. The molecule has 0 saturated carbocycles. The van der Waals surface area contributed by atoms with Gasteiger partial charge in [-0.05, 0) is 0 Å². The van der Waals surface area contributed by atoms with E-state index >= 15 is 0 Å². The van der Waals surface area contributed by atoms with E-state index in [4.69, 9.17) is 0 Å². The minimum atomic E-state index is -5.50. The maximum Gasteiger partial charge on any atom is 0.505 e.